The Kier molecular flexibility index (Phi) is 29.9. The Bertz CT molecular complexity index is 1330. The minimum absolute atomic E-state index is 0. The summed E-state index contributed by atoms with van der Waals surface area (Å²) in [5.74, 6) is 1.18. The fourth-order valence-electron chi connectivity index (χ4n) is 6.80. The predicted octanol–water partition coefficient (Wildman–Crippen LogP) is 12.0. The molecule has 0 unspecified atom stereocenters. The minimum Gasteiger partial charge on any atom is -0.507 e. The molecule has 54 heavy (non-hydrogen) atoms. The molecule has 4 N–H and O–H groups in total. The van der Waals surface area contributed by atoms with E-state index < -0.39 is 6.16 Å². The van der Waals surface area contributed by atoms with Gasteiger partial charge >= 0.3 is 6.16 Å². The van der Waals surface area contributed by atoms with E-state index in [1.54, 1.807) is 6.21 Å². The van der Waals surface area contributed by atoms with E-state index in [1.165, 1.54) is 106 Å². The van der Waals surface area contributed by atoms with Gasteiger partial charge in [-0.2, -0.15) is 0 Å². The molecule has 8 nitrogen and oxygen atoms in total. The van der Waals surface area contributed by atoms with Crippen LogP contribution in [0.5, 0.6) is 11.5 Å². The van der Waals surface area contributed by atoms with Crippen LogP contribution in [-0.2, 0) is 29.6 Å². The molecule has 0 atom stereocenters. The molecule has 0 aromatic heterocycles. The molecule has 2 rings (SSSR count). The second kappa shape index (κ2) is 30.3. The van der Waals surface area contributed by atoms with Gasteiger partial charge in [-0.1, -0.05) is 107 Å². The molecule has 0 fully saturated rings. The summed E-state index contributed by atoms with van der Waals surface area (Å²) < 4.78 is 1.30. The zero-order chi connectivity index (χ0) is 38.9. The second-order valence-electron chi connectivity index (χ2n) is 15.1. The Hall–Kier alpha value is -2.88. The molecule has 0 spiro atoms. The van der Waals surface area contributed by atoms with Gasteiger partial charge in [0.05, 0.1) is 39.3 Å². The Morgan fingerprint density at radius 3 is 1.28 bits per heavy atom. The number of quaternary nitrogens is 1. The zero-order valence-corrected chi connectivity index (χ0v) is 35.5. The van der Waals surface area contributed by atoms with Gasteiger partial charge in [0.1, 0.15) is 11.5 Å². The third-order valence-electron chi connectivity index (χ3n) is 9.90. The second-order valence-corrected chi connectivity index (χ2v) is 15.1. The number of rotatable bonds is 25. The summed E-state index contributed by atoms with van der Waals surface area (Å²) in [5.41, 5.74) is 6.14. The largest absolute Gasteiger partial charge is 0.507 e. The summed E-state index contributed by atoms with van der Waals surface area (Å²) in [6.45, 7) is 24.0. The molecule has 311 valence electrons. The maximum atomic E-state index is 11.1. The topological polar surface area (TPSA) is 123 Å². The number of carboxylic acid groups (broad SMARTS) is 2. The maximum absolute atomic E-state index is 11.1. The van der Waals surface area contributed by atoms with Crippen molar-refractivity contribution in [3.8, 4) is 11.5 Å². The van der Waals surface area contributed by atoms with Crippen LogP contribution in [0.4, 0.5) is 4.79 Å². The van der Waals surface area contributed by atoms with Gasteiger partial charge in [-0.15, -0.1) is 0 Å². The van der Waals surface area contributed by atoms with Crippen LogP contribution in [0, 0.1) is 0 Å². The van der Waals surface area contributed by atoms with Crippen LogP contribution in [0.2, 0.25) is 0 Å². The Morgan fingerprint density at radius 2 is 0.944 bits per heavy atom. The Balaban J connectivity index is 0. The zero-order valence-electron chi connectivity index (χ0n) is 34.4. The van der Waals surface area contributed by atoms with Crippen LogP contribution in [0.25, 0.3) is 0 Å². The first kappa shape index (κ1) is 53.2. The van der Waals surface area contributed by atoms with E-state index in [2.05, 4.69) is 89.6 Å². The Morgan fingerprint density at radius 1 is 0.611 bits per heavy atom. The molecule has 0 heterocycles. The van der Waals surface area contributed by atoms with Gasteiger partial charge in [0.15, 0.2) is 0 Å². The van der Waals surface area contributed by atoms with Crippen LogP contribution >= 0.6 is 0 Å². The molecule has 0 aliphatic heterocycles. The number of phenolic OH excluding ortho intramolecular Hbond substituents is 2. The van der Waals surface area contributed by atoms with Gasteiger partial charge in [-0.05, 0) is 97.6 Å². The number of carbonyl (C=O) groups is 1. The van der Waals surface area contributed by atoms with E-state index in [1.807, 2.05) is 6.21 Å². The first-order valence-corrected chi connectivity index (χ1v) is 20.3. The maximum Gasteiger partial charge on any atom is 0.503 e. The molecular weight excluding hydrogens is 721 g/mol. The van der Waals surface area contributed by atoms with E-state index in [0.717, 1.165) is 41.5 Å². The summed E-state index contributed by atoms with van der Waals surface area (Å²) in [6.07, 6.45) is 17.6. The van der Waals surface area contributed by atoms with Crippen LogP contribution in [-0.4, -0.2) is 82.8 Å². The number of nitrogens with zero attached hydrogens (tertiary/aromatic N) is 3. The quantitative estimate of drug-likeness (QED) is 0.0452. The number of aromatic hydroxyl groups is 2. The molecule has 0 amide bonds. The van der Waals surface area contributed by atoms with Crippen molar-refractivity contribution >= 4 is 18.6 Å². The number of benzene rings is 2. The van der Waals surface area contributed by atoms with Gasteiger partial charge in [-0.25, -0.2) is 4.79 Å². The first-order chi connectivity index (χ1) is 24.8. The van der Waals surface area contributed by atoms with Gasteiger partial charge in [0.25, 0.3) is 0 Å². The summed E-state index contributed by atoms with van der Waals surface area (Å²) in [5, 5.41) is 36.0. The number of phenols is 2. The number of aryl methyl sites for hydroxylation is 2. The van der Waals surface area contributed by atoms with Crippen molar-refractivity contribution in [2.45, 2.75) is 158 Å². The van der Waals surface area contributed by atoms with E-state index in [-0.39, 0.29) is 36.0 Å². The van der Waals surface area contributed by atoms with Gasteiger partial charge < -0.3 is 24.9 Å². The molecule has 2 aromatic rings. The number of aliphatic imine (C=N–C) groups is 2. The summed E-state index contributed by atoms with van der Waals surface area (Å²) in [4.78, 5) is 17.8. The van der Waals surface area contributed by atoms with Gasteiger partial charge in [0, 0.05) is 40.3 Å². The van der Waals surface area contributed by atoms with Crippen molar-refractivity contribution in [1.29, 1.82) is 0 Å². The number of unbranched alkanes of at least 4 members (excludes halogenated alkanes) is 6. The summed E-state index contributed by atoms with van der Waals surface area (Å²) in [6, 6.07) is 8.59. The SMILES string of the molecule is C.CCCCCc1cc(C=NCCN=Cc2cc(CCCC[N+](CCCC)(CCCC)CCCC)cc(C(C)C)c2O)c(O)c(C(C)C)c1.O=C(O)O.[Co]. The molecule has 0 saturated carbocycles. The van der Waals surface area contributed by atoms with Crippen molar-refractivity contribution in [3.63, 3.8) is 0 Å². The van der Waals surface area contributed by atoms with Crippen molar-refractivity contribution in [2.75, 3.05) is 39.3 Å². The Labute approximate surface area is 340 Å². The first-order valence-electron chi connectivity index (χ1n) is 20.3. The van der Waals surface area contributed by atoms with E-state index in [9.17, 15) is 10.2 Å². The number of hydrogen-bond donors (Lipinski definition) is 4. The summed E-state index contributed by atoms with van der Waals surface area (Å²) in [7, 11) is 0. The standard InChI is InChI=1S/C43H71N3O2.CH2O3.CH4.Co/c1-9-13-17-20-36-28-38(42(47)40(30-36)34(5)6)32-44-22-23-45-33-39-29-37(31-41(35(7)8)43(39)48)21-18-19-27-46(24-14-10-2,25-15-11-3)26-16-12-4;2-1(3)4;;/h28-35H,9-27H2,1-8H3,(H-,44,45,47,48);(H2,2,3,4);1H4;/p+1. The monoisotopic (exact) mass is 800 g/mol. The van der Waals surface area contributed by atoms with Crippen molar-refractivity contribution in [2.24, 2.45) is 9.98 Å². The minimum atomic E-state index is -1.83. The molecule has 0 aliphatic carbocycles. The van der Waals surface area contributed by atoms with Crippen LogP contribution in [0.1, 0.15) is 179 Å². The molecule has 0 bridgehead atoms. The third-order valence-corrected chi connectivity index (χ3v) is 9.90. The predicted molar refractivity (Wildman–Crippen MR) is 227 cm³/mol. The van der Waals surface area contributed by atoms with Crippen molar-refractivity contribution < 1.29 is 46.5 Å². The van der Waals surface area contributed by atoms with E-state index >= 15 is 0 Å². The molecule has 0 saturated heterocycles. The summed E-state index contributed by atoms with van der Waals surface area (Å²) >= 11 is 0. The molecule has 2 aromatic carbocycles. The van der Waals surface area contributed by atoms with E-state index in [4.69, 9.17) is 15.0 Å². The number of hydrogen-bond acceptors (Lipinski definition) is 5. The van der Waals surface area contributed by atoms with Crippen molar-refractivity contribution in [1.82, 2.24) is 0 Å². The van der Waals surface area contributed by atoms with Crippen LogP contribution in [0.15, 0.2) is 34.3 Å². The molecular formula is C45H78CoN3O5+. The normalized spacial score (nSPS) is 11.5. The van der Waals surface area contributed by atoms with Gasteiger partial charge in [-0.3, -0.25) is 9.98 Å². The van der Waals surface area contributed by atoms with E-state index in [0.29, 0.717) is 24.6 Å². The smallest absolute Gasteiger partial charge is 0.503 e. The fraction of sp³-hybridized carbons (Fsp3) is 0.667. The molecule has 9 heteroatoms. The van der Waals surface area contributed by atoms with Gasteiger partial charge in [0.2, 0.25) is 0 Å². The average Bonchev–Trinajstić information content (AvgIpc) is 3.10. The average molecular weight is 800 g/mol. The van der Waals surface area contributed by atoms with Crippen LogP contribution in [0.3, 0.4) is 0 Å². The van der Waals surface area contributed by atoms with Crippen molar-refractivity contribution in [3.05, 3.63) is 57.6 Å². The third kappa shape index (κ3) is 20.7. The molecule has 1 radical (unpaired) electrons. The van der Waals surface area contributed by atoms with Crippen LogP contribution < -0.4 is 0 Å². The molecule has 0 aliphatic rings. The fourth-order valence-corrected chi connectivity index (χ4v) is 6.80.